The lowest BCUT2D eigenvalue weighted by atomic mass is 10.0. The van der Waals surface area contributed by atoms with Crippen molar-refractivity contribution in [3.8, 4) is 5.75 Å². The largest absolute Gasteiger partial charge is 0.493 e. The molecule has 0 heterocycles. The molecule has 0 amide bonds. The second-order valence-corrected chi connectivity index (χ2v) is 5.25. The van der Waals surface area contributed by atoms with Crippen LogP contribution in [0.2, 0.25) is 0 Å². The number of alkyl halides is 4. The molecule has 1 unspecified atom stereocenters. The summed E-state index contributed by atoms with van der Waals surface area (Å²) in [5.74, 6) is 0.312. The van der Waals surface area contributed by atoms with Crippen molar-refractivity contribution in [1.82, 2.24) is 0 Å². The van der Waals surface area contributed by atoms with Gasteiger partial charge in [-0.15, -0.1) is 0 Å². The average Bonchev–Trinajstić information content (AvgIpc) is 2.48. The standard InChI is InChI=1S/C16H14BrF3O/c17-10-13(12-5-2-1-3-6-12)11-21-15-8-4-7-14(9-15)16(18,19)20/h1-9,13H,10-11H2. The lowest BCUT2D eigenvalue weighted by Gasteiger charge is -2.16. The highest BCUT2D eigenvalue weighted by atomic mass is 79.9. The Bertz CT molecular complexity index is 569. The van der Waals surface area contributed by atoms with Crippen LogP contribution in [0.3, 0.4) is 0 Å². The van der Waals surface area contributed by atoms with Gasteiger partial charge < -0.3 is 4.74 Å². The van der Waals surface area contributed by atoms with Gasteiger partial charge in [0.05, 0.1) is 12.2 Å². The Kier molecular flexibility index (Phi) is 5.28. The van der Waals surface area contributed by atoms with Crippen LogP contribution in [0.4, 0.5) is 13.2 Å². The van der Waals surface area contributed by atoms with Crippen LogP contribution in [-0.4, -0.2) is 11.9 Å². The van der Waals surface area contributed by atoms with Crippen LogP contribution in [0.15, 0.2) is 54.6 Å². The molecule has 0 aliphatic heterocycles. The summed E-state index contributed by atoms with van der Waals surface area (Å²) >= 11 is 3.41. The SMILES string of the molecule is FC(F)(F)c1cccc(OCC(CBr)c2ccccc2)c1. The third-order valence-corrected chi connectivity index (χ3v) is 3.85. The van der Waals surface area contributed by atoms with Crippen molar-refractivity contribution in [2.24, 2.45) is 0 Å². The molecule has 2 aromatic rings. The first-order valence-corrected chi connectivity index (χ1v) is 7.54. The second-order valence-electron chi connectivity index (χ2n) is 4.60. The van der Waals surface area contributed by atoms with Gasteiger partial charge >= 0.3 is 6.18 Å². The van der Waals surface area contributed by atoms with Crippen molar-refractivity contribution in [2.75, 3.05) is 11.9 Å². The zero-order valence-corrected chi connectivity index (χ0v) is 12.7. The van der Waals surface area contributed by atoms with Crippen LogP contribution in [-0.2, 0) is 6.18 Å². The molecular weight excluding hydrogens is 345 g/mol. The first kappa shape index (κ1) is 15.9. The van der Waals surface area contributed by atoms with Gasteiger partial charge in [-0.05, 0) is 23.8 Å². The molecule has 0 N–H and O–H groups in total. The highest BCUT2D eigenvalue weighted by Gasteiger charge is 2.30. The van der Waals surface area contributed by atoms with E-state index in [9.17, 15) is 13.2 Å². The first-order valence-electron chi connectivity index (χ1n) is 6.41. The van der Waals surface area contributed by atoms with Crippen molar-refractivity contribution in [3.05, 3.63) is 65.7 Å². The molecule has 0 aliphatic carbocycles. The van der Waals surface area contributed by atoms with Crippen molar-refractivity contribution >= 4 is 15.9 Å². The Morgan fingerprint density at radius 2 is 1.71 bits per heavy atom. The monoisotopic (exact) mass is 358 g/mol. The summed E-state index contributed by atoms with van der Waals surface area (Å²) in [4.78, 5) is 0. The Morgan fingerprint density at radius 3 is 2.33 bits per heavy atom. The minimum absolute atomic E-state index is 0.0840. The molecule has 0 spiro atoms. The molecule has 21 heavy (non-hydrogen) atoms. The third kappa shape index (κ3) is 4.49. The van der Waals surface area contributed by atoms with Gasteiger partial charge in [-0.3, -0.25) is 0 Å². The fourth-order valence-corrected chi connectivity index (χ4v) is 2.47. The predicted octanol–water partition coefficient (Wildman–Crippen LogP) is 5.26. The Labute approximate surface area is 129 Å². The van der Waals surface area contributed by atoms with Crippen LogP contribution in [0.1, 0.15) is 17.0 Å². The van der Waals surface area contributed by atoms with Crippen molar-refractivity contribution in [2.45, 2.75) is 12.1 Å². The molecule has 112 valence electrons. The van der Waals surface area contributed by atoms with Crippen LogP contribution in [0, 0.1) is 0 Å². The molecule has 0 fully saturated rings. The molecule has 0 radical (unpaired) electrons. The van der Waals surface area contributed by atoms with E-state index in [0.717, 1.165) is 17.7 Å². The van der Waals surface area contributed by atoms with Gasteiger partial charge in [-0.2, -0.15) is 13.2 Å². The minimum atomic E-state index is -4.35. The van der Waals surface area contributed by atoms with Crippen LogP contribution in [0.5, 0.6) is 5.75 Å². The number of hydrogen-bond acceptors (Lipinski definition) is 1. The minimum Gasteiger partial charge on any atom is -0.493 e. The maximum atomic E-state index is 12.6. The van der Waals surface area contributed by atoms with Crippen molar-refractivity contribution in [1.29, 1.82) is 0 Å². The smallest absolute Gasteiger partial charge is 0.416 e. The number of halogens is 4. The summed E-state index contributed by atoms with van der Waals surface area (Å²) in [5.41, 5.74) is 0.386. The summed E-state index contributed by atoms with van der Waals surface area (Å²) < 4.78 is 43.4. The van der Waals surface area contributed by atoms with E-state index in [1.165, 1.54) is 12.1 Å². The number of benzene rings is 2. The number of hydrogen-bond donors (Lipinski definition) is 0. The normalized spacial score (nSPS) is 13.0. The van der Waals surface area contributed by atoms with E-state index in [2.05, 4.69) is 15.9 Å². The van der Waals surface area contributed by atoms with E-state index in [1.54, 1.807) is 0 Å². The zero-order chi connectivity index (χ0) is 15.3. The molecule has 0 bridgehead atoms. The molecule has 0 saturated heterocycles. The van der Waals surface area contributed by atoms with E-state index < -0.39 is 11.7 Å². The molecule has 0 saturated carbocycles. The fourth-order valence-electron chi connectivity index (χ4n) is 1.91. The Morgan fingerprint density at radius 1 is 1.00 bits per heavy atom. The Hall–Kier alpha value is -1.49. The molecule has 1 atom stereocenters. The van der Waals surface area contributed by atoms with Crippen molar-refractivity contribution in [3.63, 3.8) is 0 Å². The van der Waals surface area contributed by atoms with Gasteiger partial charge in [0.15, 0.2) is 0 Å². The maximum Gasteiger partial charge on any atom is 0.416 e. The summed E-state index contributed by atoms with van der Waals surface area (Å²) in [6.07, 6.45) is -4.35. The summed E-state index contributed by atoms with van der Waals surface area (Å²) in [6.45, 7) is 0.316. The van der Waals surface area contributed by atoms with Crippen LogP contribution in [0.25, 0.3) is 0 Å². The Balaban J connectivity index is 2.05. The van der Waals surface area contributed by atoms with Gasteiger partial charge in [-0.1, -0.05) is 52.3 Å². The third-order valence-electron chi connectivity index (χ3n) is 3.07. The second kappa shape index (κ2) is 6.98. The van der Waals surface area contributed by atoms with E-state index in [-0.39, 0.29) is 11.7 Å². The predicted molar refractivity (Wildman–Crippen MR) is 79.9 cm³/mol. The van der Waals surface area contributed by atoms with Gasteiger partial charge in [0, 0.05) is 11.2 Å². The molecule has 0 aliphatic rings. The van der Waals surface area contributed by atoms with Crippen LogP contribution >= 0.6 is 15.9 Å². The van der Waals surface area contributed by atoms with Gasteiger partial charge in [0.1, 0.15) is 5.75 Å². The van der Waals surface area contributed by atoms with Gasteiger partial charge in [0.2, 0.25) is 0 Å². The maximum absolute atomic E-state index is 12.6. The van der Waals surface area contributed by atoms with E-state index >= 15 is 0 Å². The lowest BCUT2D eigenvalue weighted by Crippen LogP contribution is -2.12. The molecule has 2 aromatic carbocycles. The van der Waals surface area contributed by atoms with Crippen LogP contribution < -0.4 is 4.74 Å². The van der Waals surface area contributed by atoms with E-state index in [1.807, 2.05) is 30.3 Å². The fraction of sp³-hybridized carbons (Fsp3) is 0.250. The highest BCUT2D eigenvalue weighted by molar-refractivity contribution is 9.09. The van der Waals surface area contributed by atoms with Crippen molar-refractivity contribution < 1.29 is 17.9 Å². The van der Waals surface area contributed by atoms with E-state index in [4.69, 9.17) is 4.74 Å². The molecule has 2 rings (SSSR count). The molecular formula is C16H14BrF3O. The van der Waals surface area contributed by atoms with Gasteiger partial charge in [-0.25, -0.2) is 0 Å². The molecule has 0 aromatic heterocycles. The summed E-state index contributed by atoms with van der Waals surface area (Å²) in [5, 5.41) is 0.677. The first-order chi connectivity index (χ1) is 10.0. The summed E-state index contributed by atoms with van der Waals surface area (Å²) in [7, 11) is 0. The zero-order valence-electron chi connectivity index (χ0n) is 11.1. The summed E-state index contributed by atoms with van der Waals surface area (Å²) in [6, 6.07) is 14.7. The molecule has 1 nitrogen and oxygen atoms in total. The van der Waals surface area contributed by atoms with Gasteiger partial charge in [0.25, 0.3) is 0 Å². The highest BCUT2D eigenvalue weighted by Crippen LogP contribution is 2.31. The molecule has 5 heteroatoms. The lowest BCUT2D eigenvalue weighted by molar-refractivity contribution is -0.137. The van der Waals surface area contributed by atoms with E-state index in [0.29, 0.717) is 11.9 Å². The topological polar surface area (TPSA) is 9.23 Å². The number of ether oxygens (including phenoxy) is 1. The number of rotatable bonds is 5. The average molecular weight is 359 g/mol. The quantitative estimate of drug-likeness (QED) is 0.662.